The monoisotopic (exact) mass is 350 g/mol. The lowest BCUT2D eigenvalue weighted by Crippen LogP contribution is -2.36. The average molecular weight is 352 g/mol. The van der Waals surface area contributed by atoms with Gasteiger partial charge in [0.25, 0.3) is 5.91 Å². The number of nitrogens with two attached hydrogens (primary N) is 1. The highest BCUT2D eigenvalue weighted by Gasteiger charge is 2.17. The molecular formula is C10H12Br2N2O2. The van der Waals surface area contributed by atoms with Crippen molar-refractivity contribution in [2.45, 2.75) is 6.10 Å². The van der Waals surface area contributed by atoms with Crippen molar-refractivity contribution in [3.05, 3.63) is 27.1 Å². The molecule has 0 saturated heterocycles. The van der Waals surface area contributed by atoms with Crippen LogP contribution >= 0.6 is 31.9 Å². The predicted octanol–water partition coefficient (Wildman–Crippen LogP) is 2.12. The molecule has 0 aliphatic rings. The fraction of sp³-hybridized carbons (Fsp3) is 0.300. The van der Waals surface area contributed by atoms with Gasteiger partial charge in [-0.1, -0.05) is 6.07 Å². The van der Waals surface area contributed by atoms with E-state index in [-0.39, 0.29) is 12.5 Å². The number of anilines is 1. The van der Waals surface area contributed by atoms with Gasteiger partial charge in [-0.15, -0.1) is 0 Å². The summed E-state index contributed by atoms with van der Waals surface area (Å²) in [6.45, 7) is 0.143. The molecule has 1 atom stereocenters. The number of carbonyl (C=O) groups excluding carboxylic acids is 1. The smallest absolute Gasteiger partial charge is 0.254 e. The van der Waals surface area contributed by atoms with Crippen LogP contribution in [-0.2, 0) is 9.53 Å². The van der Waals surface area contributed by atoms with Crippen LogP contribution in [0.2, 0.25) is 0 Å². The Labute approximate surface area is 111 Å². The first kappa shape index (κ1) is 13.6. The Kier molecular flexibility index (Phi) is 5.40. The maximum absolute atomic E-state index is 11.7. The van der Waals surface area contributed by atoms with E-state index in [1.165, 1.54) is 7.11 Å². The summed E-state index contributed by atoms with van der Waals surface area (Å²) in [4.78, 5) is 11.7. The predicted molar refractivity (Wildman–Crippen MR) is 70.3 cm³/mol. The first-order chi connectivity index (χ1) is 7.60. The fourth-order valence-corrected chi connectivity index (χ4v) is 2.33. The van der Waals surface area contributed by atoms with Gasteiger partial charge in [0.15, 0.2) is 0 Å². The summed E-state index contributed by atoms with van der Waals surface area (Å²) >= 11 is 6.70. The molecule has 0 aliphatic heterocycles. The zero-order chi connectivity index (χ0) is 12.1. The number of rotatable bonds is 4. The van der Waals surface area contributed by atoms with E-state index in [9.17, 15) is 4.79 Å². The summed E-state index contributed by atoms with van der Waals surface area (Å²) in [7, 11) is 1.45. The Balaban J connectivity index is 2.84. The van der Waals surface area contributed by atoms with Gasteiger partial charge in [-0.3, -0.25) is 4.79 Å². The Hall–Kier alpha value is -0.430. The number of ether oxygens (including phenoxy) is 1. The zero-order valence-electron chi connectivity index (χ0n) is 8.67. The maximum Gasteiger partial charge on any atom is 0.254 e. The second kappa shape index (κ2) is 6.34. The molecule has 0 radical (unpaired) electrons. The van der Waals surface area contributed by atoms with Crippen molar-refractivity contribution in [2.24, 2.45) is 5.73 Å². The fourth-order valence-electron chi connectivity index (χ4n) is 1.13. The van der Waals surface area contributed by atoms with E-state index >= 15 is 0 Å². The number of hydrogen-bond donors (Lipinski definition) is 2. The molecule has 1 unspecified atom stereocenters. The Bertz CT molecular complexity index is 361. The molecule has 1 aromatic carbocycles. The summed E-state index contributed by atoms with van der Waals surface area (Å²) in [5.41, 5.74) is 6.07. The van der Waals surface area contributed by atoms with Gasteiger partial charge in [0.1, 0.15) is 6.10 Å². The molecule has 4 nitrogen and oxygen atoms in total. The summed E-state index contributed by atoms with van der Waals surface area (Å²) in [6.07, 6.45) is -0.640. The van der Waals surface area contributed by atoms with Gasteiger partial charge >= 0.3 is 0 Å². The third kappa shape index (κ3) is 3.28. The van der Waals surface area contributed by atoms with Crippen molar-refractivity contribution in [3.63, 3.8) is 0 Å². The third-order valence-corrected chi connectivity index (χ3v) is 3.32. The van der Waals surface area contributed by atoms with Gasteiger partial charge in [0.2, 0.25) is 0 Å². The lowest BCUT2D eigenvalue weighted by molar-refractivity contribution is -0.125. The number of amides is 1. The van der Waals surface area contributed by atoms with Gasteiger partial charge in [-0.2, -0.15) is 0 Å². The van der Waals surface area contributed by atoms with Crippen LogP contribution in [0.3, 0.4) is 0 Å². The van der Waals surface area contributed by atoms with E-state index in [2.05, 4.69) is 37.2 Å². The highest BCUT2D eigenvalue weighted by atomic mass is 79.9. The molecule has 0 heterocycles. The van der Waals surface area contributed by atoms with Gasteiger partial charge < -0.3 is 15.8 Å². The van der Waals surface area contributed by atoms with Crippen molar-refractivity contribution < 1.29 is 9.53 Å². The molecule has 16 heavy (non-hydrogen) atoms. The highest BCUT2D eigenvalue weighted by Crippen LogP contribution is 2.30. The molecule has 0 spiro atoms. The Morgan fingerprint density at radius 1 is 1.50 bits per heavy atom. The van der Waals surface area contributed by atoms with Gasteiger partial charge in [-0.25, -0.2) is 0 Å². The zero-order valence-corrected chi connectivity index (χ0v) is 11.8. The van der Waals surface area contributed by atoms with Crippen LogP contribution in [0.1, 0.15) is 0 Å². The van der Waals surface area contributed by atoms with Crippen LogP contribution in [0.15, 0.2) is 27.1 Å². The number of hydrogen-bond acceptors (Lipinski definition) is 3. The van der Waals surface area contributed by atoms with Crippen LogP contribution < -0.4 is 11.1 Å². The normalized spacial score (nSPS) is 12.2. The van der Waals surface area contributed by atoms with Crippen LogP contribution in [0.5, 0.6) is 0 Å². The number of carbonyl (C=O) groups is 1. The van der Waals surface area contributed by atoms with E-state index in [1.807, 2.05) is 18.2 Å². The Morgan fingerprint density at radius 2 is 2.06 bits per heavy atom. The lowest BCUT2D eigenvalue weighted by Gasteiger charge is -2.14. The molecule has 1 amide bonds. The van der Waals surface area contributed by atoms with Crippen LogP contribution in [0.25, 0.3) is 0 Å². The lowest BCUT2D eigenvalue weighted by atomic mass is 10.3. The van der Waals surface area contributed by atoms with Crippen LogP contribution in [0, 0.1) is 0 Å². The minimum absolute atomic E-state index is 0.143. The molecule has 0 bridgehead atoms. The Morgan fingerprint density at radius 3 is 2.50 bits per heavy atom. The maximum atomic E-state index is 11.7. The first-order valence-corrected chi connectivity index (χ1v) is 6.16. The molecule has 88 valence electrons. The molecule has 0 saturated carbocycles. The topological polar surface area (TPSA) is 64.3 Å². The minimum atomic E-state index is -0.640. The molecule has 0 fully saturated rings. The van der Waals surface area contributed by atoms with Crippen LogP contribution in [0.4, 0.5) is 5.69 Å². The van der Waals surface area contributed by atoms with Gasteiger partial charge in [0.05, 0.1) is 5.69 Å². The molecule has 6 heteroatoms. The van der Waals surface area contributed by atoms with E-state index in [4.69, 9.17) is 10.5 Å². The molecule has 0 aromatic heterocycles. The van der Waals surface area contributed by atoms with Crippen molar-refractivity contribution in [3.8, 4) is 0 Å². The summed E-state index contributed by atoms with van der Waals surface area (Å²) in [5, 5.41) is 2.74. The number of methoxy groups -OCH3 is 1. The van der Waals surface area contributed by atoms with E-state index in [0.717, 1.165) is 8.95 Å². The van der Waals surface area contributed by atoms with E-state index in [0.29, 0.717) is 5.69 Å². The van der Waals surface area contributed by atoms with Crippen molar-refractivity contribution in [1.29, 1.82) is 0 Å². The van der Waals surface area contributed by atoms with Crippen molar-refractivity contribution in [2.75, 3.05) is 19.0 Å². The van der Waals surface area contributed by atoms with E-state index < -0.39 is 6.10 Å². The molecule has 1 rings (SSSR count). The third-order valence-electron chi connectivity index (χ3n) is 2.00. The van der Waals surface area contributed by atoms with Gasteiger partial charge in [-0.05, 0) is 44.0 Å². The number of nitrogens with one attached hydrogen (secondary N) is 1. The number of halogens is 2. The molecule has 3 N–H and O–H groups in total. The van der Waals surface area contributed by atoms with Gasteiger partial charge in [0, 0.05) is 22.6 Å². The van der Waals surface area contributed by atoms with Crippen molar-refractivity contribution in [1.82, 2.24) is 0 Å². The average Bonchev–Trinajstić information content (AvgIpc) is 2.25. The van der Waals surface area contributed by atoms with Crippen molar-refractivity contribution >= 4 is 43.5 Å². The standard InChI is InChI=1S/C10H12Br2N2O2/c1-16-8(5-13)10(15)14-9-6(11)3-2-4-7(9)12/h2-4,8H,5,13H2,1H3,(H,14,15). The molecule has 1 aromatic rings. The minimum Gasteiger partial charge on any atom is -0.370 e. The second-order valence-electron chi connectivity index (χ2n) is 3.05. The SMILES string of the molecule is COC(CN)C(=O)Nc1c(Br)cccc1Br. The number of para-hydroxylation sites is 1. The largest absolute Gasteiger partial charge is 0.370 e. The first-order valence-electron chi connectivity index (χ1n) is 4.58. The van der Waals surface area contributed by atoms with E-state index in [1.54, 1.807) is 0 Å². The summed E-state index contributed by atoms with van der Waals surface area (Å²) in [5.74, 6) is -0.266. The van der Waals surface area contributed by atoms with Crippen LogP contribution in [-0.4, -0.2) is 25.7 Å². The molecular weight excluding hydrogens is 340 g/mol. The quantitative estimate of drug-likeness (QED) is 0.873. The summed E-state index contributed by atoms with van der Waals surface area (Å²) < 4.78 is 6.53. The highest BCUT2D eigenvalue weighted by molar-refractivity contribution is 9.11. The molecule has 0 aliphatic carbocycles. The summed E-state index contributed by atoms with van der Waals surface area (Å²) in [6, 6.07) is 5.54. The number of benzene rings is 1. The second-order valence-corrected chi connectivity index (χ2v) is 4.75.